The molecule has 0 spiro atoms. The molecule has 1 aromatic rings. The number of pyridine rings is 1. The molecule has 0 radical (unpaired) electrons. The van der Waals surface area contributed by atoms with Crippen LogP contribution in [0.5, 0.6) is 0 Å². The Bertz CT molecular complexity index is 538. The van der Waals surface area contributed by atoms with E-state index in [0.29, 0.717) is 22.9 Å². The van der Waals surface area contributed by atoms with Crippen LogP contribution in [0.15, 0.2) is 12.3 Å². The van der Waals surface area contributed by atoms with Gasteiger partial charge >= 0.3 is 5.97 Å². The van der Waals surface area contributed by atoms with Gasteiger partial charge in [-0.25, -0.2) is 0 Å². The lowest BCUT2D eigenvalue weighted by atomic mass is 10.1. The highest BCUT2D eigenvalue weighted by Gasteiger charge is 2.30. The van der Waals surface area contributed by atoms with Crippen LogP contribution in [0.1, 0.15) is 22.5 Å². The first kappa shape index (κ1) is 15.1. The average Bonchev–Trinajstić information content (AvgIpc) is 2.38. The zero-order chi connectivity index (χ0) is 14.7. The van der Waals surface area contributed by atoms with Gasteiger partial charge in [-0.3, -0.25) is 14.6 Å². The van der Waals surface area contributed by atoms with Gasteiger partial charge in [0.1, 0.15) is 0 Å². The molecule has 1 aliphatic heterocycles. The topological polar surface area (TPSA) is 70.5 Å². The minimum Gasteiger partial charge on any atom is -0.481 e. The van der Waals surface area contributed by atoms with Gasteiger partial charge in [0.2, 0.25) is 0 Å². The van der Waals surface area contributed by atoms with Gasteiger partial charge in [0.25, 0.3) is 5.91 Å². The number of aromatic nitrogens is 1. The van der Waals surface area contributed by atoms with Crippen LogP contribution in [-0.2, 0) is 4.79 Å². The van der Waals surface area contributed by atoms with Crippen molar-refractivity contribution in [1.82, 2.24) is 9.88 Å². The van der Waals surface area contributed by atoms with Gasteiger partial charge in [0.05, 0.1) is 23.0 Å². The SMILES string of the molecule is Cc1cc(Cl)c(C(=O)N2CCSCC2CC(=O)O)cn1. The molecule has 1 atom stereocenters. The largest absolute Gasteiger partial charge is 0.481 e. The van der Waals surface area contributed by atoms with Crippen LogP contribution >= 0.6 is 23.4 Å². The minimum atomic E-state index is -0.900. The molecule has 7 heteroatoms. The number of rotatable bonds is 3. The third-order valence-corrected chi connectivity index (χ3v) is 4.52. The molecule has 1 N–H and O–H groups in total. The molecule has 20 heavy (non-hydrogen) atoms. The number of carbonyl (C=O) groups excluding carboxylic acids is 1. The summed E-state index contributed by atoms with van der Waals surface area (Å²) in [5, 5.41) is 9.30. The van der Waals surface area contributed by atoms with E-state index in [0.717, 1.165) is 11.4 Å². The summed E-state index contributed by atoms with van der Waals surface area (Å²) in [4.78, 5) is 29.1. The van der Waals surface area contributed by atoms with E-state index in [1.165, 1.54) is 6.20 Å². The lowest BCUT2D eigenvalue weighted by Crippen LogP contribution is -2.47. The fourth-order valence-electron chi connectivity index (χ4n) is 2.13. The summed E-state index contributed by atoms with van der Waals surface area (Å²) in [6.07, 6.45) is 1.41. The lowest BCUT2D eigenvalue weighted by molar-refractivity contribution is -0.138. The van der Waals surface area contributed by atoms with E-state index in [1.54, 1.807) is 29.7 Å². The highest BCUT2D eigenvalue weighted by atomic mass is 35.5. The van der Waals surface area contributed by atoms with E-state index in [4.69, 9.17) is 16.7 Å². The van der Waals surface area contributed by atoms with Gasteiger partial charge in [0.15, 0.2) is 0 Å². The number of hydrogen-bond acceptors (Lipinski definition) is 4. The molecule has 1 fully saturated rings. The van der Waals surface area contributed by atoms with E-state index in [9.17, 15) is 9.59 Å². The first-order valence-corrected chi connectivity index (χ1v) is 7.75. The number of hydrogen-bond donors (Lipinski definition) is 1. The minimum absolute atomic E-state index is 0.0460. The smallest absolute Gasteiger partial charge is 0.305 e. The van der Waals surface area contributed by atoms with Crippen molar-refractivity contribution in [2.75, 3.05) is 18.1 Å². The monoisotopic (exact) mass is 314 g/mol. The summed E-state index contributed by atoms with van der Waals surface area (Å²) in [7, 11) is 0. The summed E-state index contributed by atoms with van der Waals surface area (Å²) in [6.45, 7) is 2.33. The van der Waals surface area contributed by atoms with Gasteiger partial charge in [-0.1, -0.05) is 11.6 Å². The highest BCUT2D eigenvalue weighted by molar-refractivity contribution is 7.99. The number of carbonyl (C=O) groups is 2. The van der Waals surface area contributed by atoms with Crippen molar-refractivity contribution in [1.29, 1.82) is 0 Å². The summed E-state index contributed by atoms with van der Waals surface area (Å²) in [5.74, 6) is 0.297. The molecule has 1 amide bonds. The molecule has 2 rings (SSSR count). The fraction of sp³-hybridized carbons (Fsp3) is 0.462. The number of aliphatic carboxylic acids is 1. The Kier molecular flexibility index (Phi) is 4.88. The number of halogens is 1. The van der Waals surface area contributed by atoms with E-state index >= 15 is 0 Å². The number of carboxylic acids is 1. The number of aryl methyl sites for hydroxylation is 1. The zero-order valence-corrected chi connectivity index (χ0v) is 12.6. The average molecular weight is 315 g/mol. The molecule has 1 unspecified atom stereocenters. The predicted molar refractivity (Wildman–Crippen MR) is 78.4 cm³/mol. The normalized spacial score (nSPS) is 18.9. The predicted octanol–water partition coefficient (Wildman–Crippen LogP) is 2.08. The molecule has 108 valence electrons. The van der Waals surface area contributed by atoms with Gasteiger partial charge < -0.3 is 10.0 Å². The molecular formula is C13H15ClN2O3S. The number of thioether (sulfide) groups is 1. The van der Waals surface area contributed by atoms with Crippen molar-refractivity contribution in [3.8, 4) is 0 Å². The third-order valence-electron chi connectivity index (χ3n) is 3.12. The first-order chi connectivity index (χ1) is 9.49. The molecule has 0 saturated carbocycles. The van der Waals surface area contributed by atoms with E-state index in [1.807, 2.05) is 0 Å². The van der Waals surface area contributed by atoms with Crippen LogP contribution in [0, 0.1) is 6.92 Å². The van der Waals surface area contributed by atoms with Crippen LogP contribution in [0.2, 0.25) is 5.02 Å². The Morgan fingerprint density at radius 3 is 3.00 bits per heavy atom. The Hall–Kier alpha value is -1.27. The van der Waals surface area contributed by atoms with Gasteiger partial charge in [-0.05, 0) is 13.0 Å². The molecule has 0 bridgehead atoms. The molecule has 1 aromatic heterocycles. The maximum absolute atomic E-state index is 12.5. The molecule has 1 aliphatic rings. The second-order valence-corrected chi connectivity index (χ2v) is 6.19. The van der Waals surface area contributed by atoms with Crippen molar-refractivity contribution < 1.29 is 14.7 Å². The standard InChI is InChI=1S/C13H15ClN2O3S/c1-8-4-11(14)10(6-15-8)13(19)16-2-3-20-7-9(16)5-12(17)18/h4,6,9H,2-3,5,7H2,1H3,(H,17,18). The van der Waals surface area contributed by atoms with Crippen molar-refractivity contribution in [3.05, 3.63) is 28.5 Å². The summed E-state index contributed by atoms with van der Waals surface area (Å²) in [6, 6.07) is 1.34. The Morgan fingerprint density at radius 2 is 2.35 bits per heavy atom. The van der Waals surface area contributed by atoms with Crippen molar-refractivity contribution >= 4 is 35.2 Å². The van der Waals surface area contributed by atoms with Gasteiger partial charge in [0, 0.05) is 29.9 Å². The fourth-order valence-corrected chi connectivity index (χ4v) is 3.48. The molecule has 0 aliphatic carbocycles. The molecule has 0 aromatic carbocycles. The van der Waals surface area contributed by atoms with E-state index in [-0.39, 0.29) is 18.4 Å². The highest BCUT2D eigenvalue weighted by Crippen LogP contribution is 2.24. The quantitative estimate of drug-likeness (QED) is 0.925. The van der Waals surface area contributed by atoms with E-state index in [2.05, 4.69) is 4.98 Å². The summed E-state index contributed by atoms with van der Waals surface area (Å²) >= 11 is 7.75. The number of amides is 1. The third kappa shape index (κ3) is 3.43. The molecule has 1 saturated heterocycles. The van der Waals surface area contributed by atoms with Crippen molar-refractivity contribution in [2.24, 2.45) is 0 Å². The summed E-state index contributed by atoms with van der Waals surface area (Å²) < 4.78 is 0. The van der Waals surface area contributed by atoms with Crippen LogP contribution in [-0.4, -0.2) is 51.0 Å². The second kappa shape index (κ2) is 6.45. The molecular weight excluding hydrogens is 300 g/mol. The van der Waals surface area contributed by atoms with Crippen LogP contribution < -0.4 is 0 Å². The zero-order valence-electron chi connectivity index (χ0n) is 11.0. The van der Waals surface area contributed by atoms with Crippen LogP contribution in [0.25, 0.3) is 0 Å². The summed E-state index contributed by atoms with van der Waals surface area (Å²) in [5.41, 5.74) is 1.07. The number of carboxylic acid groups (broad SMARTS) is 1. The lowest BCUT2D eigenvalue weighted by Gasteiger charge is -2.34. The van der Waals surface area contributed by atoms with Gasteiger partial charge in [-0.2, -0.15) is 11.8 Å². The second-order valence-electron chi connectivity index (χ2n) is 4.63. The Morgan fingerprint density at radius 1 is 1.60 bits per heavy atom. The Labute approximate surface area is 126 Å². The Balaban J connectivity index is 2.22. The van der Waals surface area contributed by atoms with Crippen LogP contribution in [0.4, 0.5) is 0 Å². The van der Waals surface area contributed by atoms with E-state index < -0.39 is 5.97 Å². The van der Waals surface area contributed by atoms with Crippen LogP contribution in [0.3, 0.4) is 0 Å². The maximum Gasteiger partial charge on any atom is 0.305 e. The molecule has 2 heterocycles. The molecule has 5 nitrogen and oxygen atoms in total. The first-order valence-electron chi connectivity index (χ1n) is 6.21. The van der Waals surface area contributed by atoms with Gasteiger partial charge in [-0.15, -0.1) is 0 Å². The van der Waals surface area contributed by atoms with Crippen molar-refractivity contribution in [2.45, 2.75) is 19.4 Å². The maximum atomic E-state index is 12.5. The number of nitrogens with zero attached hydrogens (tertiary/aromatic N) is 2. The van der Waals surface area contributed by atoms with Crippen molar-refractivity contribution in [3.63, 3.8) is 0 Å².